The number of carbonyl (C=O) groups excluding carboxylic acids is 1. The van der Waals surface area contributed by atoms with Gasteiger partial charge in [0.15, 0.2) is 5.17 Å². The fraction of sp³-hybridized carbons (Fsp3) is 0.136. The van der Waals surface area contributed by atoms with Crippen molar-refractivity contribution in [2.24, 2.45) is 10.2 Å². The van der Waals surface area contributed by atoms with E-state index in [9.17, 15) is 4.79 Å². The van der Waals surface area contributed by atoms with Crippen LogP contribution in [0.4, 0.5) is 0 Å². The van der Waals surface area contributed by atoms with E-state index in [2.05, 4.69) is 15.5 Å². The van der Waals surface area contributed by atoms with Gasteiger partial charge in [0.2, 0.25) is 5.91 Å². The maximum absolute atomic E-state index is 12.1. The molecule has 1 amide bonds. The van der Waals surface area contributed by atoms with Gasteiger partial charge in [0.1, 0.15) is 11.5 Å². The lowest BCUT2D eigenvalue weighted by molar-refractivity contribution is -0.118. The molecular formula is C22H19N3O2S. The number of amides is 1. The zero-order chi connectivity index (χ0) is 19.3. The van der Waals surface area contributed by atoms with Gasteiger partial charge in [0.05, 0.1) is 11.5 Å². The largest absolute Gasteiger partial charge is 0.455 e. The highest BCUT2D eigenvalue weighted by Crippen LogP contribution is 2.24. The Labute approximate surface area is 167 Å². The van der Waals surface area contributed by atoms with Gasteiger partial charge in [0.25, 0.3) is 0 Å². The van der Waals surface area contributed by atoms with Crippen molar-refractivity contribution in [3.05, 3.63) is 83.6 Å². The summed E-state index contributed by atoms with van der Waals surface area (Å²) < 4.78 is 5.78. The molecule has 0 saturated carbocycles. The van der Waals surface area contributed by atoms with E-state index in [1.54, 1.807) is 6.21 Å². The van der Waals surface area contributed by atoms with Crippen LogP contribution in [0.2, 0.25) is 0 Å². The highest BCUT2D eigenvalue weighted by atomic mass is 32.2. The van der Waals surface area contributed by atoms with E-state index in [1.165, 1.54) is 17.3 Å². The zero-order valence-corrected chi connectivity index (χ0v) is 16.1. The first-order valence-electron chi connectivity index (χ1n) is 8.97. The summed E-state index contributed by atoms with van der Waals surface area (Å²) in [5.74, 6) is 1.35. The summed E-state index contributed by atoms with van der Waals surface area (Å²) in [6, 6.07) is 21.8. The Hall–Kier alpha value is -3.12. The number of benzene rings is 2. The minimum atomic E-state index is -0.187. The van der Waals surface area contributed by atoms with Crippen LogP contribution in [0.1, 0.15) is 16.9 Å². The summed E-state index contributed by atoms with van der Waals surface area (Å²) in [6.45, 7) is 2.05. The van der Waals surface area contributed by atoms with Gasteiger partial charge >= 0.3 is 0 Å². The van der Waals surface area contributed by atoms with E-state index >= 15 is 0 Å². The number of hydrogen-bond donors (Lipinski definition) is 1. The molecule has 2 aromatic carbocycles. The number of rotatable bonds is 5. The Morgan fingerprint density at radius 1 is 1.07 bits per heavy atom. The zero-order valence-electron chi connectivity index (χ0n) is 15.3. The first-order valence-corrected chi connectivity index (χ1v) is 9.85. The molecule has 0 spiro atoms. The van der Waals surface area contributed by atoms with E-state index in [4.69, 9.17) is 4.42 Å². The Morgan fingerprint density at radius 3 is 2.64 bits per heavy atom. The molecule has 1 saturated heterocycles. The maximum Gasteiger partial charge on any atom is 0.239 e. The molecule has 0 bridgehead atoms. The Bertz CT molecular complexity index is 1020. The number of nitrogens with one attached hydrogen (secondary N) is 1. The van der Waals surface area contributed by atoms with Crippen LogP contribution in [0, 0.1) is 6.92 Å². The fourth-order valence-corrected chi connectivity index (χ4v) is 3.81. The fourth-order valence-electron chi connectivity index (χ4n) is 2.85. The normalized spacial score (nSPS) is 18.1. The SMILES string of the molecule is Cc1ccc(-c2ccc(/C=N/N=C3\NC(=O)[C@H](Cc4ccccc4)S3)o2)cc1. The van der Waals surface area contributed by atoms with Crippen LogP contribution in [0.3, 0.4) is 0 Å². The van der Waals surface area contributed by atoms with Crippen molar-refractivity contribution >= 4 is 29.1 Å². The van der Waals surface area contributed by atoms with Crippen molar-refractivity contribution in [1.29, 1.82) is 0 Å². The van der Waals surface area contributed by atoms with Crippen LogP contribution >= 0.6 is 11.8 Å². The molecule has 1 aliphatic rings. The highest BCUT2D eigenvalue weighted by molar-refractivity contribution is 8.15. The van der Waals surface area contributed by atoms with Gasteiger partial charge in [-0.15, -0.1) is 5.10 Å². The molecule has 140 valence electrons. The van der Waals surface area contributed by atoms with Gasteiger partial charge < -0.3 is 9.73 Å². The number of carbonyl (C=O) groups is 1. The standard InChI is InChI=1S/C22H19N3O2S/c1-15-7-9-17(10-8-15)19-12-11-18(27-19)14-23-25-22-24-21(26)20(28-22)13-16-5-3-2-4-6-16/h2-12,14,20H,13H2,1H3,(H,24,25,26)/b23-14+/t20-/m0/s1. The molecule has 1 aliphatic heterocycles. The lowest BCUT2D eigenvalue weighted by atomic mass is 10.1. The molecule has 1 aromatic heterocycles. The number of amidine groups is 1. The van der Waals surface area contributed by atoms with Crippen molar-refractivity contribution in [3.63, 3.8) is 0 Å². The van der Waals surface area contributed by atoms with E-state index in [1.807, 2.05) is 73.7 Å². The van der Waals surface area contributed by atoms with Crippen molar-refractivity contribution in [3.8, 4) is 11.3 Å². The number of furan rings is 1. The van der Waals surface area contributed by atoms with Crippen LogP contribution in [-0.2, 0) is 11.2 Å². The Morgan fingerprint density at radius 2 is 1.86 bits per heavy atom. The second kappa shape index (κ2) is 8.27. The van der Waals surface area contributed by atoms with Gasteiger partial charge in [-0.2, -0.15) is 5.10 Å². The molecule has 1 N–H and O–H groups in total. The molecule has 0 aliphatic carbocycles. The van der Waals surface area contributed by atoms with Crippen LogP contribution < -0.4 is 5.32 Å². The smallest absolute Gasteiger partial charge is 0.239 e. The van der Waals surface area contributed by atoms with Crippen LogP contribution in [0.5, 0.6) is 0 Å². The van der Waals surface area contributed by atoms with E-state index in [-0.39, 0.29) is 11.2 Å². The minimum absolute atomic E-state index is 0.0394. The van der Waals surface area contributed by atoms with Crippen molar-refractivity contribution in [2.75, 3.05) is 0 Å². The topological polar surface area (TPSA) is 67.0 Å². The molecule has 0 radical (unpaired) electrons. The summed E-state index contributed by atoms with van der Waals surface area (Å²) in [6.07, 6.45) is 2.21. The predicted molar refractivity (Wildman–Crippen MR) is 114 cm³/mol. The van der Waals surface area contributed by atoms with Gasteiger partial charge in [-0.3, -0.25) is 4.79 Å². The molecule has 6 heteroatoms. The van der Waals surface area contributed by atoms with Gasteiger partial charge in [-0.1, -0.05) is 71.9 Å². The van der Waals surface area contributed by atoms with E-state index in [0.29, 0.717) is 17.3 Å². The van der Waals surface area contributed by atoms with E-state index in [0.717, 1.165) is 16.9 Å². The molecule has 4 rings (SSSR count). The first kappa shape index (κ1) is 18.3. The van der Waals surface area contributed by atoms with Crippen molar-refractivity contribution in [1.82, 2.24) is 5.32 Å². The highest BCUT2D eigenvalue weighted by Gasteiger charge is 2.30. The summed E-state index contributed by atoms with van der Waals surface area (Å²) >= 11 is 1.40. The second-order valence-electron chi connectivity index (χ2n) is 6.50. The number of nitrogens with zero attached hydrogens (tertiary/aromatic N) is 2. The molecule has 3 aromatic rings. The van der Waals surface area contributed by atoms with Gasteiger partial charge in [-0.25, -0.2) is 0 Å². The Kier molecular flexibility index (Phi) is 5.39. The van der Waals surface area contributed by atoms with Crippen molar-refractivity contribution in [2.45, 2.75) is 18.6 Å². The number of aryl methyl sites for hydroxylation is 1. The lowest BCUT2D eigenvalue weighted by Gasteiger charge is -2.04. The predicted octanol–water partition coefficient (Wildman–Crippen LogP) is 4.42. The summed E-state index contributed by atoms with van der Waals surface area (Å²) in [4.78, 5) is 12.1. The molecule has 0 unspecified atom stereocenters. The van der Waals surface area contributed by atoms with E-state index < -0.39 is 0 Å². The quantitative estimate of drug-likeness (QED) is 0.519. The first-order chi connectivity index (χ1) is 13.7. The summed E-state index contributed by atoms with van der Waals surface area (Å²) in [5, 5.41) is 11.3. The third-order valence-corrected chi connectivity index (χ3v) is 5.41. The molecule has 28 heavy (non-hydrogen) atoms. The molecule has 1 fully saturated rings. The van der Waals surface area contributed by atoms with Crippen LogP contribution in [0.25, 0.3) is 11.3 Å². The average molecular weight is 389 g/mol. The monoisotopic (exact) mass is 389 g/mol. The van der Waals surface area contributed by atoms with Gasteiger partial charge in [0, 0.05) is 5.56 Å². The van der Waals surface area contributed by atoms with Gasteiger partial charge in [-0.05, 0) is 31.0 Å². The third-order valence-electron chi connectivity index (χ3n) is 4.34. The molecule has 5 nitrogen and oxygen atoms in total. The van der Waals surface area contributed by atoms with Crippen molar-refractivity contribution < 1.29 is 9.21 Å². The van der Waals surface area contributed by atoms with Crippen LogP contribution in [0.15, 0.2) is 81.4 Å². The minimum Gasteiger partial charge on any atom is -0.455 e. The maximum atomic E-state index is 12.1. The molecular weight excluding hydrogens is 370 g/mol. The van der Waals surface area contributed by atoms with Crippen LogP contribution in [-0.4, -0.2) is 22.5 Å². The number of hydrogen-bond acceptors (Lipinski definition) is 5. The molecule has 2 heterocycles. The molecule has 1 atom stereocenters. The number of thioether (sulfide) groups is 1. The summed E-state index contributed by atoms with van der Waals surface area (Å²) in [5.41, 5.74) is 3.34. The Balaban J connectivity index is 1.38. The second-order valence-corrected chi connectivity index (χ2v) is 7.69. The third kappa shape index (κ3) is 4.40. The summed E-state index contributed by atoms with van der Waals surface area (Å²) in [7, 11) is 0. The lowest BCUT2D eigenvalue weighted by Crippen LogP contribution is -2.25. The average Bonchev–Trinajstić information content (AvgIpc) is 3.30.